The Labute approximate surface area is 132 Å². The first-order chi connectivity index (χ1) is 10.3. The Morgan fingerprint density at radius 1 is 1.41 bits per heavy atom. The highest BCUT2D eigenvalue weighted by atomic mass is 16.6. The summed E-state index contributed by atoms with van der Waals surface area (Å²) in [5.74, 6) is 1.28. The fourth-order valence-electron chi connectivity index (χ4n) is 2.47. The maximum atomic E-state index is 11.7. The zero-order chi connectivity index (χ0) is 16.2. The molecule has 0 radical (unpaired) electrons. The smallest absolute Gasteiger partial charge is 0.407 e. The van der Waals surface area contributed by atoms with Crippen LogP contribution >= 0.6 is 0 Å². The molecule has 2 rings (SSSR count). The van der Waals surface area contributed by atoms with E-state index in [9.17, 15) is 4.79 Å². The highest BCUT2D eigenvalue weighted by Crippen LogP contribution is 2.20. The van der Waals surface area contributed by atoms with E-state index in [0.717, 1.165) is 37.6 Å². The second-order valence-electron chi connectivity index (χ2n) is 6.81. The topological polar surface area (TPSA) is 67.4 Å². The lowest BCUT2D eigenvalue weighted by molar-refractivity contribution is 0.0517. The van der Waals surface area contributed by atoms with Gasteiger partial charge in [-0.05, 0) is 52.5 Å². The van der Waals surface area contributed by atoms with Crippen molar-refractivity contribution in [1.29, 1.82) is 0 Å². The van der Waals surface area contributed by atoms with Gasteiger partial charge in [0.25, 0.3) is 0 Å². The molecule has 1 fully saturated rings. The predicted octanol–water partition coefficient (Wildman–Crippen LogP) is 2.53. The number of piperidine rings is 1. The fraction of sp³-hybridized carbons (Fsp3) is 0.688. The van der Waals surface area contributed by atoms with Crippen molar-refractivity contribution in [3.63, 3.8) is 0 Å². The van der Waals surface area contributed by atoms with Crippen molar-refractivity contribution in [2.75, 3.05) is 24.5 Å². The van der Waals surface area contributed by atoms with E-state index in [0.29, 0.717) is 12.5 Å². The van der Waals surface area contributed by atoms with Gasteiger partial charge < -0.3 is 15.0 Å². The summed E-state index contributed by atoms with van der Waals surface area (Å²) < 4.78 is 5.25. The average molecular weight is 306 g/mol. The molecule has 1 amide bonds. The van der Waals surface area contributed by atoms with Crippen LogP contribution in [0.3, 0.4) is 0 Å². The lowest BCUT2D eigenvalue weighted by Crippen LogP contribution is -2.40. The molecule has 0 atom stereocenters. The molecule has 0 aliphatic carbocycles. The van der Waals surface area contributed by atoms with Crippen LogP contribution in [-0.2, 0) is 4.74 Å². The number of rotatable bonds is 3. The van der Waals surface area contributed by atoms with Gasteiger partial charge in [-0.1, -0.05) is 0 Å². The molecule has 0 saturated carbocycles. The van der Waals surface area contributed by atoms with Gasteiger partial charge in [0.1, 0.15) is 5.60 Å². The molecule has 0 aromatic carbocycles. The fourth-order valence-corrected chi connectivity index (χ4v) is 2.47. The van der Waals surface area contributed by atoms with E-state index < -0.39 is 5.60 Å². The zero-order valence-electron chi connectivity index (χ0n) is 13.9. The van der Waals surface area contributed by atoms with Crippen molar-refractivity contribution in [2.45, 2.75) is 46.1 Å². The molecule has 1 aliphatic rings. The van der Waals surface area contributed by atoms with Gasteiger partial charge in [-0.3, -0.25) is 0 Å². The van der Waals surface area contributed by atoms with Gasteiger partial charge >= 0.3 is 6.09 Å². The van der Waals surface area contributed by atoms with Crippen LogP contribution in [0.4, 0.5) is 10.7 Å². The molecule has 22 heavy (non-hydrogen) atoms. The lowest BCUT2D eigenvalue weighted by atomic mass is 9.97. The summed E-state index contributed by atoms with van der Waals surface area (Å²) in [4.78, 5) is 22.7. The maximum Gasteiger partial charge on any atom is 0.407 e. The Morgan fingerprint density at radius 3 is 2.68 bits per heavy atom. The van der Waals surface area contributed by atoms with Crippen LogP contribution in [0.15, 0.2) is 12.3 Å². The molecule has 0 unspecified atom stereocenters. The number of anilines is 1. The number of alkyl carbamates (subject to hydrolysis) is 1. The molecular weight excluding hydrogens is 280 g/mol. The second kappa shape index (κ2) is 6.94. The summed E-state index contributed by atoms with van der Waals surface area (Å²) in [5.41, 5.74) is 0.536. The summed E-state index contributed by atoms with van der Waals surface area (Å²) in [5, 5.41) is 2.86. The number of nitrogens with one attached hydrogen (secondary N) is 1. The van der Waals surface area contributed by atoms with Crippen molar-refractivity contribution in [2.24, 2.45) is 5.92 Å². The Bertz CT molecular complexity index is 505. The Morgan fingerprint density at radius 2 is 2.09 bits per heavy atom. The Hall–Kier alpha value is -1.85. The molecule has 2 heterocycles. The molecule has 0 spiro atoms. The molecule has 6 heteroatoms. The average Bonchev–Trinajstić information content (AvgIpc) is 2.44. The van der Waals surface area contributed by atoms with E-state index in [-0.39, 0.29) is 6.09 Å². The highest BCUT2D eigenvalue weighted by Gasteiger charge is 2.22. The summed E-state index contributed by atoms with van der Waals surface area (Å²) in [7, 11) is 0. The van der Waals surface area contributed by atoms with E-state index in [1.54, 1.807) is 6.20 Å². The number of aryl methyl sites for hydroxylation is 1. The maximum absolute atomic E-state index is 11.7. The van der Waals surface area contributed by atoms with Gasteiger partial charge in [0.15, 0.2) is 0 Å². The van der Waals surface area contributed by atoms with E-state index in [2.05, 4.69) is 20.2 Å². The Kier molecular flexibility index (Phi) is 5.21. The van der Waals surface area contributed by atoms with Crippen molar-refractivity contribution in [3.8, 4) is 0 Å². The summed E-state index contributed by atoms with van der Waals surface area (Å²) >= 11 is 0. The van der Waals surface area contributed by atoms with E-state index in [4.69, 9.17) is 4.74 Å². The molecule has 1 saturated heterocycles. The molecule has 122 valence electrons. The minimum Gasteiger partial charge on any atom is -0.444 e. The van der Waals surface area contributed by atoms with Crippen LogP contribution in [0, 0.1) is 12.8 Å². The van der Waals surface area contributed by atoms with Gasteiger partial charge in [-0.15, -0.1) is 0 Å². The standard InChI is InChI=1S/C16H26N4O2/c1-12-5-8-17-14(19-12)20-9-6-13(7-10-20)11-18-15(21)22-16(2,3)4/h5,8,13H,6-7,9-11H2,1-4H3,(H,18,21). The summed E-state index contributed by atoms with van der Waals surface area (Å²) in [6.07, 6.45) is 3.51. The molecule has 1 aliphatic heterocycles. The van der Waals surface area contributed by atoms with Crippen molar-refractivity contribution in [3.05, 3.63) is 18.0 Å². The van der Waals surface area contributed by atoms with Crippen LogP contribution in [0.2, 0.25) is 0 Å². The Balaban J connectivity index is 1.74. The van der Waals surface area contributed by atoms with E-state index >= 15 is 0 Å². The van der Waals surface area contributed by atoms with Gasteiger partial charge in [0.2, 0.25) is 5.95 Å². The highest BCUT2D eigenvalue weighted by molar-refractivity contribution is 5.67. The number of aromatic nitrogens is 2. The van der Waals surface area contributed by atoms with Gasteiger partial charge in [0, 0.05) is 31.5 Å². The first kappa shape index (κ1) is 16.5. The minimum atomic E-state index is -0.448. The number of amides is 1. The zero-order valence-corrected chi connectivity index (χ0v) is 13.9. The number of carbonyl (C=O) groups excluding carboxylic acids is 1. The first-order valence-corrected chi connectivity index (χ1v) is 7.85. The molecule has 1 N–H and O–H groups in total. The van der Waals surface area contributed by atoms with Crippen molar-refractivity contribution >= 4 is 12.0 Å². The third kappa shape index (κ3) is 5.16. The third-order valence-electron chi connectivity index (χ3n) is 3.61. The largest absolute Gasteiger partial charge is 0.444 e. The summed E-state index contributed by atoms with van der Waals surface area (Å²) in [6.45, 7) is 10.1. The molecule has 1 aromatic rings. The van der Waals surface area contributed by atoms with Crippen molar-refractivity contribution < 1.29 is 9.53 Å². The van der Waals surface area contributed by atoms with E-state index in [1.807, 2.05) is 33.8 Å². The van der Waals surface area contributed by atoms with Crippen LogP contribution in [0.1, 0.15) is 39.3 Å². The van der Waals surface area contributed by atoms with Crippen molar-refractivity contribution in [1.82, 2.24) is 15.3 Å². The van der Waals surface area contributed by atoms with Gasteiger partial charge in [-0.2, -0.15) is 0 Å². The summed E-state index contributed by atoms with van der Waals surface area (Å²) in [6, 6.07) is 1.90. The van der Waals surface area contributed by atoms with Crippen LogP contribution in [-0.4, -0.2) is 41.3 Å². The predicted molar refractivity (Wildman–Crippen MR) is 85.9 cm³/mol. The second-order valence-corrected chi connectivity index (χ2v) is 6.81. The van der Waals surface area contributed by atoms with Crippen LogP contribution < -0.4 is 10.2 Å². The molecule has 0 bridgehead atoms. The SMILES string of the molecule is Cc1ccnc(N2CCC(CNC(=O)OC(C)(C)C)CC2)n1. The first-order valence-electron chi connectivity index (χ1n) is 7.85. The normalized spacial score (nSPS) is 16.5. The minimum absolute atomic E-state index is 0.336. The van der Waals surface area contributed by atoms with Crippen LogP contribution in [0.25, 0.3) is 0 Å². The van der Waals surface area contributed by atoms with E-state index in [1.165, 1.54) is 0 Å². The molecular formula is C16H26N4O2. The van der Waals surface area contributed by atoms with Gasteiger partial charge in [-0.25, -0.2) is 14.8 Å². The monoisotopic (exact) mass is 306 g/mol. The van der Waals surface area contributed by atoms with Gasteiger partial charge in [0.05, 0.1) is 0 Å². The number of hydrogen-bond donors (Lipinski definition) is 1. The van der Waals surface area contributed by atoms with Crippen LogP contribution in [0.5, 0.6) is 0 Å². The quantitative estimate of drug-likeness (QED) is 0.929. The molecule has 1 aromatic heterocycles. The number of nitrogens with zero attached hydrogens (tertiary/aromatic N) is 3. The number of hydrogen-bond acceptors (Lipinski definition) is 5. The third-order valence-corrected chi connectivity index (χ3v) is 3.61. The molecule has 6 nitrogen and oxygen atoms in total. The lowest BCUT2D eigenvalue weighted by Gasteiger charge is -2.32. The number of carbonyl (C=O) groups is 1. The number of ether oxygens (including phenoxy) is 1.